The van der Waals surface area contributed by atoms with Crippen molar-refractivity contribution in [3.05, 3.63) is 36.0 Å². The number of hydrogen-bond acceptors (Lipinski definition) is 5. The molecule has 0 atom stereocenters. The molecule has 1 aromatic carbocycles. The van der Waals surface area contributed by atoms with E-state index in [9.17, 15) is 4.79 Å². The zero-order chi connectivity index (χ0) is 18.9. The van der Waals surface area contributed by atoms with Crippen molar-refractivity contribution >= 4 is 16.9 Å². The molecule has 0 bridgehead atoms. The Kier molecular flexibility index (Phi) is 4.58. The number of imidazole rings is 1. The summed E-state index contributed by atoms with van der Waals surface area (Å²) in [7, 11) is 0. The number of carbonyl (C=O) groups is 1. The van der Waals surface area contributed by atoms with E-state index in [2.05, 4.69) is 15.1 Å². The van der Waals surface area contributed by atoms with E-state index in [1.807, 2.05) is 45.0 Å². The molecular weight excluding hydrogens is 356 g/mol. The topological polar surface area (TPSA) is 79.3 Å². The quantitative estimate of drug-likeness (QED) is 0.751. The van der Waals surface area contributed by atoms with Crippen LogP contribution in [0.4, 0.5) is 0 Å². The van der Waals surface area contributed by atoms with Gasteiger partial charge in [0.1, 0.15) is 5.69 Å². The Labute approximate surface area is 163 Å². The number of carbonyl (C=O) groups excluding carboxylic acids is 1. The molecule has 1 amide bonds. The Balaban J connectivity index is 1.26. The van der Waals surface area contributed by atoms with Gasteiger partial charge in [0.05, 0.1) is 36.4 Å². The molecule has 2 aliphatic rings. The smallest absolute Gasteiger partial charge is 0.224 e. The van der Waals surface area contributed by atoms with Gasteiger partial charge in [-0.05, 0) is 31.0 Å². The van der Waals surface area contributed by atoms with E-state index in [1.54, 1.807) is 0 Å². The molecule has 1 fully saturated rings. The highest BCUT2D eigenvalue weighted by Crippen LogP contribution is 2.23. The van der Waals surface area contributed by atoms with Crippen LogP contribution < -0.4 is 0 Å². The molecule has 0 aliphatic carbocycles. The van der Waals surface area contributed by atoms with E-state index in [0.717, 1.165) is 54.2 Å². The minimum absolute atomic E-state index is 0.173. The Morgan fingerprint density at radius 1 is 1.18 bits per heavy atom. The molecule has 5 rings (SSSR count). The van der Waals surface area contributed by atoms with Crippen molar-refractivity contribution in [1.82, 2.24) is 29.7 Å². The van der Waals surface area contributed by atoms with Gasteiger partial charge in [-0.1, -0.05) is 12.1 Å². The highest BCUT2D eigenvalue weighted by atomic mass is 16.7. The van der Waals surface area contributed by atoms with Gasteiger partial charge in [0, 0.05) is 26.1 Å². The van der Waals surface area contributed by atoms with Crippen molar-refractivity contribution in [2.45, 2.75) is 32.4 Å². The summed E-state index contributed by atoms with van der Waals surface area (Å²) in [6.45, 7) is 4.34. The van der Waals surface area contributed by atoms with Gasteiger partial charge in [0.2, 0.25) is 5.91 Å². The first-order valence-electron chi connectivity index (χ1n) is 9.94. The SMILES string of the molecule is O=C(CCN1CCCCO1)N1CCn2nc(-c3nc4ccccc4[nH]3)cc2C1. The molecule has 1 N–H and O–H groups in total. The molecule has 8 heteroatoms. The van der Waals surface area contributed by atoms with Gasteiger partial charge in [0.25, 0.3) is 0 Å². The van der Waals surface area contributed by atoms with E-state index < -0.39 is 0 Å². The third kappa shape index (κ3) is 3.41. The van der Waals surface area contributed by atoms with Gasteiger partial charge < -0.3 is 9.88 Å². The van der Waals surface area contributed by atoms with Gasteiger partial charge in [-0.3, -0.25) is 14.3 Å². The highest BCUT2D eigenvalue weighted by Gasteiger charge is 2.24. The van der Waals surface area contributed by atoms with Crippen LogP contribution >= 0.6 is 0 Å². The second-order valence-corrected chi connectivity index (χ2v) is 7.38. The number of fused-ring (bicyclic) bond motifs is 2. The Hall–Kier alpha value is -2.71. The number of hydrogen-bond donors (Lipinski definition) is 1. The number of hydroxylamine groups is 2. The van der Waals surface area contributed by atoms with Gasteiger partial charge in [-0.15, -0.1) is 0 Å². The van der Waals surface area contributed by atoms with Crippen molar-refractivity contribution in [2.75, 3.05) is 26.2 Å². The van der Waals surface area contributed by atoms with E-state index in [0.29, 0.717) is 32.6 Å². The summed E-state index contributed by atoms with van der Waals surface area (Å²) in [5.74, 6) is 0.940. The number of aromatic amines is 1. The van der Waals surface area contributed by atoms with Crippen LogP contribution in [-0.4, -0.2) is 61.9 Å². The third-order valence-electron chi connectivity index (χ3n) is 5.43. The number of amides is 1. The first kappa shape index (κ1) is 17.4. The zero-order valence-corrected chi connectivity index (χ0v) is 15.8. The number of H-pyrrole nitrogens is 1. The lowest BCUT2D eigenvalue weighted by molar-refractivity contribution is -0.182. The largest absolute Gasteiger partial charge is 0.337 e. The molecular formula is C20H24N6O2. The lowest BCUT2D eigenvalue weighted by Gasteiger charge is -2.30. The molecule has 0 radical (unpaired) electrons. The Morgan fingerprint density at radius 3 is 2.96 bits per heavy atom. The van der Waals surface area contributed by atoms with E-state index in [-0.39, 0.29) is 5.91 Å². The van der Waals surface area contributed by atoms with Crippen molar-refractivity contribution in [2.24, 2.45) is 0 Å². The monoisotopic (exact) mass is 380 g/mol. The summed E-state index contributed by atoms with van der Waals surface area (Å²) in [6.07, 6.45) is 2.74. The second kappa shape index (κ2) is 7.37. The molecule has 4 heterocycles. The molecule has 146 valence electrons. The number of rotatable bonds is 4. The fraction of sp³-hybridized carbons (Fsp3) is 0.450. The summed E-state index contributed by atoms with van der Waals surface area (Å²) < 4.78 is 1.99. The summed E-state index contributed by atoms with van der Waals surface area (Å²) in [4.78, 5) is 28.1. The van der Waals surface area contributed by atoms with Crippen LogP contribution in [0.5, 0.6) is 0 Å². The molecule has 0 saturated carbocycles. The fourth-order valence-corrected chi connectivity index (χ4v) is 3.87. The molecule has 1 saturated heterocycles. The molecule has 0 spiro atoms. The summed E-state index contributed by atoms with van der Waals surface area (Å²) in [6, 6.07) is 9.99. The van der Waals surface area contributed by atoms with Crippen LogP contribution in [0.25, 0.3) is 22.6 Å². The van der Waals surface area contributed by atoms with Crippen LogP contribution in [0.1, 0.15) is 25.0 Å². The van der Waals surface area contributed by atoms with Crippen molar-refractivity contribution < 1.29 is 9.63 Å². The highest BCUT2D eigenvalue weighted by molar-refractivity contribution is 5.79. The lowest BCUT2D eigenvalue weighted by Crippen LogP contribution is -2.40. The van der Waals surface area contributed by atoms with Crippen LogP contribution in [0.3, 0.4) is 0 Å². The number of para-hydroxylation sites is 2. The van der Waals surface area contributed by atoms with Crippen molar-refractivity contribution in [3.8, 4) is 11.5 Å². The van der Waals surface area contributed by atoms with Gasteiger partial charge in [0.15, 0.2) is 5.82 Å². The molecule has 2 aromatic heterocycles. The number of aromatic nitrogens is 4. The average Bonchev–Trinajstić information content (AvgIpc) is 3.36. The summed E-state index contributed by atoms with van der Waals surface area (Å²) in [5.41, 5.74) is 3.80. The maximum atomic E-state index is 12.6. The van der Waals surface area contributed by atoms with E-state index >= 15 is 0 Å². The molecule has 2 aliphatic heterocycles. The third-order valence-corrected chi connectivity index (χ3v) is 5.43. The maximum Gasteiger partial charge on any atom is 0.224 e. The first-order chi connectivity index (χ1) is 13.8. The van der Waals surface area contributed by atoms with Gasteiger partial charge in [-0.2, -0.15) is 10.2 Å². The standard InChI is InChI=1S/C20H24N6O2/c27-19(7-9-25-8-3-4-12-28-25)24-10-11-26-15(14-24)13-18(23-26)20-21-16-5-1-2-6-17(16)22-20/h1-2,5-6,13H,3-4,7-12,14H2,(H,21,22). The lowest BCUT2D eigenvalue weighted by atomic mass is 10.2. The maximum absolute atomic E-state index is 12.6. The number of nitrogens with zero attached hydrogens (tertiary/aromatic N) is 5. The Morgan fingerprint density at radius 2 is 2.11 bits per heavy atom. The predicted molar refractivity (Wildman–Crippen MR) is 104 cm³/mol. The summed E-state index contributed by atoms with van der Waals surface area (Å²) >= 11 is 0. The van der Waals surface area contributed by atoms with Crippen LogP contribution in [0, 0.1) is 0 Å². The molecule has 0 unspecified atom stereocenters. The number of nitrogens with one attached hydrogen (secondary N) is 1. The molecule has 3 aromatic rings. The van der Waals surface area contributed by atoms with Crippen molar-refractivity contribution in [3.63, 3.8) is 0 Å². The average molecular weight is 380 g/mol. The van der Waals surface area contributed by atoms with Gasteiger partial charge in [-0.25, -0.2) is 4.98 Å². The Bertz CT molecular complexity index is 955. The minimum atomic E-state index is 0.173. The zero-order valence-electron chi connectivity index (χ0n) is 15.8. The minimum Gasteiger partial charge on any atom is -0.337 e. The van der Waals surface area contributed by atoms with E-state index in [4.69, 9.17) is 4.84 Å². The van der Waals surface area contributed by atoms with Crippen molar-refractivity contribution in [1.29, 1.82) is 0 Å². The molecule has 8 nitrogen and oxygen atoms in total. The fourth-order valence-electron chi connectivity index (χ4n) is 3.87. The normalized spacial score (nSPS) is 17.8. The second-order valence-electron chi connectivity index (χ2n) is 7.38. The number of benzene rings is 1. The summed E-state index contributed by atoms with van der Waals surface area (Å²) in [5, 5.41) is 6.61. The van der Waals surface area contributed by atoms with E-state index in [1.165, 1.54) is 0 Å². The predicted octanol–water partition coefficient (Wildman–Crippen LogP) is 2.19. The van der Waals surface area contributed by atoms with Gasteiger partial charge >= 0.3 is 0 Å². The van der Waals surface area contributed by atoms with Crippen LogP contribution in [0.2, 0.25) is 0 Å². The first-order valence-corrected chi connectivity index (χ1v) is 9.94. The molecule has 28 heavy (non-hydrogen) atoms. The van der Waals surface area contributed by atoms with Crippen LogP contribution in [0.15, 0.2) is 30.3 Å². The van der Waals surface area contributed by atoms with Crippen LogP contribution in [-0.2, 0) is 22.7 Å².